The fraction of sp³-hybridized carbons (Fsp3) is 0.0556. The fourth-order valence-corrected chi connectivity index (χ4v) is 2.28. The minimum Gasteiger partial charge on any atom is -0.506 e. The molecular formula is C18H16N4O2. The molecule has 0 saturated heterocycles. The number of carbonyl (C=O) groups excluding carboxylic acids is 1. The predicted octanol–water partition coefficient (Wildman–Crippen LogP) is 3.59. The van der Waals surface area contributed by atoms with E-state index in [0.717, 1.165) is 5.69 Å². The van der Waals surface area contributed by atoms with Gasteiger partial charge in [-0.25, -0.2) is 9.97 Å². The lowest BCUT2D eigenvalue weighted by atomic mass is 10.2. The number of nitrogens with one attached hydrogen (secondary N) is 2. The Morgan fingerprint density at radius 2 is 1.96 bits per heavy atom. The van der Waals surface area contributed by atoms with Gasteiger partial charge in [0.1, 0.15) is 17.9 Å². The lowest BCUT2D eigenvalue weighted by molar-refractivity contribution is -0.111. The minimum absolute atomic E-state index is 0.0512. The second-order valence-corrected chi connectivity index (χ2v) is 5.09. The SMILES string of the molecule is CC=CC(=O)Nc1cc2c(Nc3ccccc3)ncnc2cc1O. The van der Waals surface area contributed by atoms with Gasteiger partial charge in [-0.15, -0.1) is 0 Å². The summed E-state index contributed by atoms with van der Waals surface area (Å²) >= 11 is 0. The van der Waals surface area contributed by atoms with Crippen LogP contribution in [-0.4, -0.2) is 21.0 Å². The summed E-state index contributed by atoms with van der Waals surface area (Å²) in [6.45, 7) is 1.75. The number of hydrogen-bond acceptors (Lipinski definition) is 5. The standard InChI is InChI=1S/C18H16N4O2/c1-2-6-17(24)22-15-9-13-14(10-16(15)23)19-11-20-18(13)21-12-7-4-3-5-8-12/h2-11,23H,1H3,(H,22,24)(H,19,20,21). The van der Waals surface area contributed by atoms with Crippen LogP contribution in [0.4, 0.5) is 17.2 Å². The van der Waals surface area contributed by atoms with Gasteiger partial charge >= 0.3 is 0 Å². The van der Waals surface area contributed by atoms with E-state index in [1.165, 1.54) is 18.5 Å². The van der Waals surface area contributed by atoms with Crippen molar-refractivity contribution in [1.82, 2.24) is 9.97 Å². The summed E-state index contributed by atoms with van der Waals surface area (Å²) in [5, 5.41) is 16.6. The smallest absolute Gasteiger partial charge is 0.248 e. The average molecular weight is 320 g/mol. The summed E-state index contributed by atoms with van der Waals surface area (Å²) in [7, 11) is 0. The molecule has 0 saturated carbocycles. The zero-order valence-corrected chi connectivity index (χ0v) is 13.0. The number of allylic oxidation sites excluding steroid dienone is 1. The maximum Gasteiger partial charge on any atom is 0.248 e. The van der Waals surface area contributed by atoms with E-state index < -0.39 is 0 Å². The second kappa shape index (κ2) is 6.78. The normalized spacial score (nSPS) is 10.9. The first kappa shape index (κ1) is 15.5. The summed E-state index contributed by atoms with van der Waals surface area (Å²) in [4.78, 5) is 20.1. The highest BCUT2D eigenvalue weighted by molar-refractivity contribution is 6.03. The Morgan fingerprint density at radius 3 is 2.71 bits per heavy atom. The van der Waals surface area contributed by atoms with Crippen molar-refractivity contribution in [1.29, 1.82) is 0 Å². The van der Waals surface area contributed by atoms with Crippen LogP contribution in [0.5, 0.6) is 5.75 Å². The van der Waals surface area contributed by atoms with Crippen molar-refractivity contribution < 1.29 is 9.90 Å². The first-order chi connectivity index (χ1) is 11.7. The van der Waals surface area contributed by atoms with Crippen LogP contribution in [0.2, 0.25) is 0 Å². The molecule has 0 bridgehead atoms. The van der Waals surface area contributed by atoms with E-state index in [4.69, 9.17) is 0 Å². The van der Waals surface area contributed by atoms with Crippen LogP contribution in [0.1, 0.15) is 6.92 Å². The van der Waals surface area contributed by atoms with Crippen LogP contribution < -0.4 is 10.6 Å². The second-order valence-electron chi connectivity index (χ2n) is 5.09. The lowest BCUT2D eigenvalue weighted by Crippen LogP contribution is -2.08. The lowest BCUT2D eigenvalue weighted by Gasteiger charge is -2.11. The Morgan fingerprint density at radius 1 is 1.17 bits per heavy atom. The number of fused-ring (bicyclic) bond motifs is 1. The summed E-state index contributed by atoms with van der Waals surface area (Å²) in [5.74, 6) is 0.221. The molecule has 6 heteroatoms. The van der Waals surface area contributed by atoms with Gasteiger partial charge in [-0.3, -0.25) is 4.79 Å². The van der Waals surface area contributed by atoms with Gasteiger partial charge in [0, 0.05) is 17.1 Å². The van der Waals surface area contributed by atoms with E-state index in [2.05, 4.69) is 20.6 Å². The molecule has 0 aliphatic carbocycles. The molecule has 3 aromatic rings. The molecular weight excluding hydrogens is 304 g/mol. The van der Waals surface area contributed by atoms with E-state index in [0.29, 0.717) is 22.4 Å². The number of carbonyl (C=O) groups is 1. The number of amides is 1. The first-order valence-corrected chi connectivity index (χ1v) is 7.41. The summed E-state index contributed by atoms with van der Waals surface area (Å²) in [5.41, 5.74) is 1.76. The molecule has 3 rings (SSSR count). The van der Waals surface area contributed by atoms with Crippen molar-refractivity contribution in [2.24, 2.45) is 0 Å². The van der Waals surface area contributed by atoms with Gasteiger partial charge in [-0.1, -0.05) is 24.3 Å². The fourth-order valence-electron chi connectivity index (χ4n) is 2.28. The largest absolute Gasteiger partial charge is 0.506 e. The molecule has 24 heavy (non-hydrogen) atoms. The first-order valence-electron chi connectivity index (χ1n) is 7.41. The maximum absolute atomic E-state index is 11.7. The zero-order chi connectivity index (χ0) is 16.9. The van der Waals surface area contributed by atoms with Crippen molar-refractivity contribution in [2.75, 3.05) is 10.6 Å². The van der Waals surface area contributed by atoms with E-state index in [-0.39, 0.29) is 11.7 Å². The monoisotopic (exact) mass is 320 g/mol. The third-order valence-corrected chi connectivity index (χ3v) is 3.37. The number of aromatic nitrogens is 2. The van der Waals surface area contributed by atoms with E-state index >= 15 is 0 Å². The summed E-state index contributed by atoms with van der Waals surface area (Å²) < 4.78 is 0. The molecule has 0 fully saturated rings. The highest BCUT2D eigenvalue weighted by Crippen LogP contribution is 2.32. The van der Waals surface area contributed by atoms with Gasteiger partial charge in [0.05, 0.1) is 11.2 Å². The molecule has 1 aromatic heterocycles. The molecule has 0 atom stereocenters. The quantitative estimate of drug-likeness (QED) is 0.505. The third-order valence-electron chi connectivity index (χ3n) is 3.37. The number of benzene rings is 2. The molecule has 120 valence electrons. The van der Waals surface area contributed by atoms with E-state index in [9.17, 15) is 9.90 Å². The van der Waals surface area contributed by atoms with Crippen molar-refractivity contribution in [2.45, 2.75) is 6.92 Å². The van der Waals surface area contributed by atoms with Crippen LogP contribution in [-0.2, 0) is 4.79 Å². The molecule has 0 radical (unpaired) electrons. The van der Waals surface area contributed by atoms with Gasteiger partial charge < -0.3 is 15.7 Å². The molecule has 1 amide bonds. The molecule has 0 aliphatic heterocycles. The van der Waals surface area contributed by atoms with E-state index in [1.54, 1.807) is 19.1 Å². The van der Waals surface area contributed by atoms with E-state index in [1.807, 2.05) is 30.3 Å². The number of nitrogens with zero attached hydrogens (tertiary/aromatic N) is 2. The minimum atomic E-state index is -0.318. The Hall–Kier alpha value is -3.41. The number of phenolic OH excluding ortho intramolecular Hbond substituents is 1. The predicted molar refractivity (Wildman–Crippen MR) is 94.4 cm³/mol. The zero-order valence-electron chi connectivity index (χ0n) is 13.0. The number of phenols is 1. The molecule has 0 unspecified atom stereocenters. The molecule has 3 N–H and O–H groups in total. The summed E-state index contributed by atoms with van der Waals surface area (Å²) in [6.07, 6.45) is 4.43. The molecule has 0 spiro atoms. The highest BCUT2D eigenvalue weighted by atomic mass is 16.3. The summed E-state index contributed by atoms with van der Waals surface area (Å²) in [6, 6.07) is 12.7. The Balaban J connectivity index is 2.02. The van der Waals surface area contributed by atoms with Gasteiger partial charge in [0.25, 0.3) is 0 Å². The van der Waals surface area contributed by atoms with Gasteiger partial charge in [0.15, 0.2) is 0 Å². The van der Waals surface area contributed by atoms with Crippen LogP contribution in [0.25, 0.3) is 10.9 Å². The van der Waals surface area contributed by atoms with Gasteiger partial charge in [0.2, 0.25) is 5.91 Å². The Labute approximate surface area is 138 Å². The topological polar surface area (TPSA) is 87.1 Å². The number of aromatic hydroxyl groups is 1. The maximum atomic E-state index is 11.7. The number of rotatable bonds is 4. The Bertz CT molecular complexity index is 908. The average Bonchev–Trinajstić information content (AvgIpc) is 2.57. The molecule has 2 aromatic carbocycles. The molecule has 6 nitrogen and oxygen atoms in total. The molecule has 0 aliphatic rings. The van der Waals surface area contributed by atoms with Crippen molar-refractivity contribution in [3.8, 4) is 5.75 Å². The van der Waals surface area contributed by atoms with Crippen molar-refractivity contribution in [3.63, 3.8) is 0 Å². The third kappa shape index (κ3) is 3.33. The number of para-hydroxylation sites is 1. The van der Waals surface area contributed by atoms with Crippen LogP contribution >= 0.6 is 0 Å². The highest BCUT2D eigenvalue weighted by Gasteiger charge is 2.11. The van der Waals surface area contributed by atoms with Crippen LogP contribution in [0.15, 0.2) is 60.9 Å². The van der Waals surface area contributed by atoms with Crippen molar-refractivity contribution >= 4 is 34.0 Å². The molecule has 1 heterocycles. The van der Waals surface area contributed by atoms with Crippen molar-refractivity contribution in [3.05, 3.63) is 60.9 Å². The van der Waals surface area contributed by atoms with Gasteiger partial charge in [-0.2, -0.15) is 0 Å². The Kier molecular flexibility index (Phi) is 4.38. The van der Waals surface area contributed by atoms with Crippen LogP contribution in [0, 0.1) is 0 Å². The number of anilines is 3. The van der Waals surface area contributed by atoms with Crippen LogP contribution in [0.3, 0.4) is 0 Å². The van der Waals surface area contributed by atoms with Gasteiger partial charge in [-0.05, 0) is 31.2 Å². The number of hydrogen-bond donors (Lipinski definition) is 3.